The van der Waals surface area contributed by atoms with E-state index in [2.05, 4.69) is 4.74 Å². The van der Waals surface area contributed by atoms with Gasteiger partial charge in [-0.2, -0.15) is 0 Å². The third-order valence-corrected chi connectivity index (χ3v) is 5.73. The zero-order valence-corrected chi connectivity index (χ0v) is 17.7. The molecule has 8 heteroatoms. The number of hydrogen-bond acceptors (Lipinski definition) is 5. The third-order valence-electron chi connectivity index (χ3n) is 5.73. The number of halogens is 3. The minimum Gasteiger partial charge on any atom is -0.500 e. The van der Waals surface area contributed by atoms with Gasteiger partial charge in [0.1, 0.15) is 28.6 Å². The second-order valence-corrected chi connectivity index (χ2v) is 7.23. The molecule has 0 radical (unpaired) electrons. The summed E-state index contributed by atoms with van der Waals surface area (Å²) < 4.78 is 52.8. The van der Waals surface area contributed by atoms with Crippen molar-refractivity contribution in [2.24, 2.45) is 0 Å². The lowest BCUT2D eigenvalue weighted by Gasteiger charge is -2.37. The fourth-order valence-electron chi connectivity index (χ4n) is 4.19. The van der Waals surface area contributed by atoms with Crippen molar-refractivity contribution in [3.05, 3.63) is 63.2 Å². The van der Waals surface area contributed by atoms with Crippen LogP contribution in [0.15, 0.2) is 50.9 Å². The highest BCUT2D eigenvalue weighted by atomic mass is 19.4. The van der Waals surface area contributed by atoms with Gasteiger partial charge < -0.3 is 13.9 Å². The maximum atomic E-state index is 13.1. The summed E-state index contributed by atoms with van der Waals surface area (Å²) >= 11 is 0. The van der Waals surface area contributed by atoms with Crippen LogP contribution in [0.4, 0.5) is 13.2 Å². The van der Waals surface area contributed by atoms with Crippen molar-refractivity contribution >= 4 is 5.78 Å². The Kier molecular flexibility index (Phi) is 6.02. The first-order valence-electron chi connectivity index (χ1n) is 9.98. The lowest BCUT2D eigenvalue weighted by molar-refractivity contribution is -0.274. The van der Waals surface area contributed by atoms with Gasteiger partial charge in [-0.25, -0.2) is 0 Å². The van der Waals surface area contributed by atoms with Crippen LogP contribution in [-0.4, -0.2) is 19.3 Å². The summed E-state index contributed by atoms with van der Waals surface area (Å²) in [6.07, 6.45) is -3.34. The molecule has 0 saturated carbocycles. The molecular formula is C23H23F3O5. The number of carbonyl (C=O) groups is 1. The normalized spacial score (nSPS) is 15.6. The van der Waals surface area contributed by atoms with Crippen molar-refractivity contribution in [3.63, 3.8) is 0 Å². The summed E-state index contributed by atoms with van der Waals surface area (Å²) in [6.45, 7) is 5.67. The zero-order valence-electron chi connectivity index (χ0n) is 17.7. The van der Waals surface area contributed by atoms with Gasteiger partial charge in [-0.15, -0.1) is 13.2 Å². The minimum absolute atomic E-state index is 0.0119. The van der Waals surface area contributed by atoms with E-state index in [-0.39, 0.29) is 22.8 Å². The van der Waals surface area contributed by atoms with Gasteiger partial charge in [0.05, 0.1) is 12.5 Å². The molecule has 0 N–H and O–H groups in total. The smallest absolute Gasteiger partial charge is 0.500 e. The maximum Gasteiger partial charge on any atom is 0.573 e. The highest BCUT2D eigenvalue weighted by Gasteiger charge is 2.47. The van der Waals surface area contributed by atoms with E-state index in [1.807, 2.05) is 20.8 Å². The summed E-state index contributed by atoms with van der Waals surface area (Å²) in [5.74, 6) is 0.0691. The molecule has 0 bridgehead atoms. The molecule has 5 nitrogen and oxygen atoms in total. The fraction of sp³-hybridized carbons (Fsp3) is 0.391. The molecule has 0 spiro atoms. The number of hydrogen-bond donors (Lipinski definition) is 0. The summed E-state index contributed by atoms with van der Waals surface area (Å²) in [6, 6.07) is 6.19. The molecule has 0 amide bonds. The predicted molar refractivity (Wildman–Crippen MR) is 108 cm³/mol. The van der Waals surface area contributed by atoms with Gasteiger partial charge >= 0.3 is 6.36 Å². The molecule has 1 heterocycles. The van der Waals surface area contributed by atoms with Crippen LogP contribution in [0.1, 0.15) is 56.2 Å². The van der Waals surface area contributed by atoms with E-state index < -0.39 is 23.0 Å². The van der Waals surface area contributed by atoms with Gasteiger partial charge in [-0.1, -0.05) is 20.8 Å². The fourth-order valence-corrected chi connectivity index (χ4v) is 4.19. The van der Waals surface area contributed by atoms with Crippen molar-refractivity contribution < 1.29 is 31.9 Å². The number of ether oxygens (including phenoxy) is 2. The average Bonchev–Trinajstić information content (AvgIpc) is 2.72. The molecule has 1 aromatic carbocycles. The minimum atomic E-state index is -4.80. The van der Waals surface area contributed by atoms with E-state index >= 15 is 0 Å². The van der Waals surface area contributed by atoms with E-state index in [0.29, 0.717) is 36.2 Å². The highest BCUT2D eigenvalue weighted by molar-refractivity contribution is 6.11. The Balaban J connectivity index is 2.19. The SMILES string of the molecule is CCC1=C(OC)C(CC)(CC)c2oc(-c3ccc(OC(F)(F)F)cc3)cc(=O)c2C1=O. The molecule has 0 atom stereocenters. The number of ketones is 1. The van der Waals surface area contributed by atoms with Crippen LogP contribution in [0, 0.1) is 0 Å². The first kappa shape index (κ1) is 22.7. The van der Waals surface area contributed by atoms with Gasteiger partial charge in [0.25, 0.3) is 0 Å². The van der Waals surface area contributed by atoms with Crippen LogP contribution in [0.5, 0.6) is 5.75 Å². The van der Waals surface area contributed by atoms with E-state index in [1.165, 1.54) is 25.3 Å². The first-order valence-corrected chi connectivity index (χ1v) is 9.98. The largest absolute Gasteiger partial charge is 0.573 e. The van der Waals surface area contributed by atoms with Crippen molar-refractivity contribution in [2.45, 2.75) is 51.8 Å². The molecule has 0 aliphatic heterocycles. The van der Waals surface area contributed by atoms with Crippen LogP contribution in [0.2, 0.25) is 0 Å². The van der Waals surface area contributed by atoms with Crippen molar-refractivity contribution in [2.75, 3.05) is 7.11 Å². The van der Waals surface area contributed by atoms with E-state index in [4.69, 9.17) is 9.15 Å². The van der Waals surface area contributed by atoms with Crippen LogP contribution >= 0.6 is 0 Å². The summed E-state index contributed by atoms with van der Waals surface area (Å²) in [5, 5.41) is 0. The van der Waals surface area contributed by atoms with Crippen molar-refractivity contribution in [1.29, 1.82) is 0 Å². The number of Topliss-reactive ketones (excluding diaryl/α,β-unsaturated/α-hetero) is 1. The monoisotopic (exact) mass is 436 g/mol. The third kappa shape index (κ3) is 3.86. The van der Waals surface area contributed by atoms with E-state index in [0.717, 1.165) is 12.1 Å². The van der Waals surface area contributed by atoms with Crippen LogP contribution < -0.4 is 10.2 Å². The summed E-state index contributed by atoms with van der Waals surface area (Å²) in [7, 11) is 1.49. The molecule has 3 rings (SSSR count). The Labute approximate surface area is 177 Å². The quantitative estimate of drug-likeness (QED) is 0.575. The average molecular weight is 436 g/mol. The lowest BCUT2D eigenvalue weighted by atomic mass is 9.69. The van der Waals surface area contributed by atoms with Gasteiger partial charge in [-0.3, -0.25) is 9.59 Å². The first-order chi connectivity index (χ1) is 14.6. The zero-order chi connectivity index (χ0) is 23.0. The standard InChI is InChI=1S/C23H23F3O5/c1-5-15-19(28)18-16(27)12-17(13-8-10-14(11-9-13)31-23(24,25)26)30-21(18)22(6-2,7-3)20(15)29-4/h8-12H,5-7H2,1-4H3. The molecular weight excluding hydrogens is 413 g/mol. The number of fused-ring (bicyclic) bond motifs is 1. The Hall–Kier alpha value is -3.03. The predicted octanol–water partition coefficient (Wildman–Crippen LogP) is 5.77. The molecule has 166 valence electrons. The summed E-state index contributed by atoms with van der Waals surface area (Å²) in [4.78, 5) is 26.0. The van der Waals surface area contributed by atoms with Crippen LogP contribution in [0.3, 0.4) is 0 Å². The number of carbonyl (C=O) groups excluding carboxylic acids is 1. The number of rotatable bonds is 6. The number of alkyl halides is 3. The molecule has 31 heavy (non-hydrogen) atoms. The molecule has 0 saturated heterocycles. The van der Waals surface area contributed by atoms with Gasteiger partial charge in [0, 0.05) is 17.2 Å². The molecule has 1 aliphatic carbocycles. The molecule has 1 aromatic heterocycles. The van der Waals surface area contributed by atoms with Crippen molar-refractivity contribution in [1.82, 2.24) is 0 Å². The van der Waals surface area contributed by atoms with Gasteiger partial charge in [-0.05, 0) is 43.5 Å². The molecule has 1 aliphatic rings. The Morgan fingerprint density at radius 1 is 1.03 bits per heavy atom. The van der Waals surface area contributed by atoms with Crippen LogP contribution in [-0.2, 0) is 10.2 Å². The van der Waals surface area contributed by atoms with E-state index in [9.17, 15) is 22.8 Å². The topological polar surface area (TPSA) is 65.7 Å². The van der Waals surface area contributed by atoms with Gasteiger partial charge in [0.15, 0.2) is 11.2 Å². The molecule has 2 aromatic rings. The molecule has 0 unspecified atom stereocenters. The Morgan fingerprint density at radius 3 is 2.13 bits per heavy atom. The van der Waals surface area contributed by atoms with Crippen LogP contribution in [0.25, 0.3) is 11.3 Å². The second kappa shape index (κ2) is 8.24. The number of allylic oxidation sites excluding steroid dienone is 2. The maximum absolute atomic E-state index is 13.1. The Bertz CT molecular complexity index is 1070. The lowest BCUT2D eigenvalue weighted by Crippen LogP contribution is -2.39. The molecule has 0 fully saturated rings. The van der Waals surface area contributed by atoms with Crippen molar-refractivity contribution in [3.8, 4) is 17.1 Å². The number of benzene rings is 1. The highest BCUT2D eigenvalue weighted by Crippen LogP contribution is 2.47. The summed E-state index contributed by atoms with van der Waals surface area (Å²) in [5.41, 5.74) is -0.469. The second-order valence-electron chi connectivity index (χ2n) is 7.23. The van der Waals surface area contributed by atoms with E-state index in [1.54, 1.807) is 0 Å². The number of methoxy groups -OCH3 is 1. The van der Waals surface area contributed by atoms with Gasteiger partial charge in [0.2, 0.25) is 0 Å². The Morgan fingerprint density at radius 2 is 1.65 bits per heavy atom.